The van der Waals surface area contributed by atoms with Crippen molar-refractivity contribution in [3.63, 3.8) is 0 Å². The third-order valence-corrected chi connectivity index (χ3v) is 4.08. The standard InChI is InChI=1S/C15H27N3OS.2ClH/c1-14(2,3)10-9-20-11(18-10)7-8-17-13(19)12(16)15(4,5)6;;/h9,12H,7-8,16H2,1-6H3,(H,17,19);2*1H/t12-;;/m1../s1. The van der Waals surface area contributed by atoms with E-state index in [2.05, 4.69) is 36.5 Å². The number of carbonyl (C=O) groups is 1. The van der Waals surface area contributed by atoms with E-state index < -0.39 is 6.04 Å². The van der Waals surface area contributed by atoms with Crippen molar-refractivity contribution in [2.24, 2.45) is 11.1 Å². The van der Waals surface area contributed by atoms with Crippen LogP contribution in [0.2, 0.25) is 0 Å². The van der Waals surface area contributed by atoms with Gasteiger partial charge in [-0.2, -0.15) is 0 Å². The molecule has 22 heavy (non-hydrogen) atoms. The second kappa shape index (κ2) is 9.06. The van der Waals surface area contributed by atoms with E-state index in [1.807, 2.05) is 20.8 Å². The van der Waals surface area contributed by atoms with E-state index in [0.717, 1.165) is 17.1 Å². The van der Waals surface area contributed by atoms with Gasteiger partial charge in [-0.15, -0.1) is 36.2 Å². The van der Waals surface area contributed by atoms with Crippen LogP contribution in [-0.4, -0.2) is 23.5 Å². The zero-order valence-corrected chi connectivity index (χ0v) is 16.7. The van der Waals surface area contributed by atoms with Crippen LogP contribution in [0.1, 0.15) is 52.2 Å². The zero-order chi connectivity index (χ0) is 15.6. The van der Waals surface area contributed by atoms with Gasteiger partial charge in [0, 0.05) is 23.8 Å². The van der Waals surface area contributed by atoms with E-state index >= 15 is 0 Å². The Morgan fingerprint density at radius 1 is 1.27 bits per heavy atom. The zero-order valence-electron chi connectivity index (χ0n) is 14.2. The predicted molar refractivity (Wildman–Crippen MR) is 99.5 cm³/mol. The summed E-state index contributed by atoms with van der Waals surface area (Å²) in [5, 5.41) is 6.04. The molecule has 0 saturated carbocycles. The molecule has 3 N–H and O–H groups in total. The molecule has 7 heteroatoms. The molecule has 1 rings (SSSR count). The van der Waals surface area contributed by atoms with Crippen LogP contribution < -0.4 is 11.1 Å². The lowest BCUT2D eigenvalue weighted by molar-refractivity contribution is -0.124. The number of thiazole rings is 1. The maximum absolute atomic E-state index is 11.9. The van der Waals surface area contributed by atoms with Crippen LogP contribution >= 0.6 is 36.2 Å². The monoisotopic (exact) mass is 369 g/mol. The van der Waals surface area contributed by atoms with E-state index in [1.54, 1.807) is 11.3 Å². The fourth-order valence-electron chi connectivity index (χ4n) is 1.57. The molecule has 1 amide bonds. The molecule has 0 aliphatic carbocycles. The smallest absolute Gasteiger partial charge is 0.237 e. The summed E-state index contributed by atoms with van der Waals surface area (Å²) in [6.07, 6.45) is 0.753. The fourth-order valence-corrected chi connectivity index (χ4v) is 2.59. The van der Waals surface area contributed by atoms with E-state index in [1.165, 1.54) is 0 Å². The number of halogens is 2. The summed E-state index contributed by atoms with van der Waals surface area (Å²) in [5.41, 5.74) is 6.87. The average Bonchev–Trinajstić information content (AvgIpc) is 2.75. The highest BCUT2D eigenvalue weighted by Crippen LogP contribution is 2.24. The van der Waals surface area contributed by atoms with Crippen LogP contribution in [0.5, 0.6) is 0 Å². The molecular formula is C15H29Cl2N3OS. The molecule has 1 atom stereocenters. The van der Waals surface area contributed by atoms with Crippen LogP contribution in [-0.2, 0) is 16.6 Å². The Morgan fingerprint density at radius 2 is 1.82 bits per heavy atom. The Balaban J connectivity index is 0. The minimum absolute atomic E-state index is 0. The molecule has 1 heterocycles. The highest BCUT2D eigenvalue weighted by molar-refractivity contribution is 7.09. The maximum Gasteiger partial charge on any atom is 0.237 e. The van der Waals surface area contributed by atoms with E-state index in [9.17, 15) is 4.79 Å². The molecule has 0 fully saturated rings. The number of nitrogens with zero attached hydrogens (tertiary/aromatic N) is 1. The number of carbonyl (C=O) groups excluding carboxylic acids is 1. The lowest BCUT2D eigenvalue weighted by atomic mass is 9.87. The molecule has 130 valence electrons. The van der Waals surface area contributed by atoms with Gasteiger partial charge < -0.3 is 11.1 Å². The average molecular weight is 370 g/mol. The normalized spacial score (nSPS) is 12.9. The minimum Gasteiger partial charge on any atom is -0.354 e. The van der Waals surface area contributed by atoms with Crippen LogP contribution in [0.4, 0.5) is 0 Å². The molecule has 0 spiro atoms. The van der Waals surface area contributed by atoms with Crippen molar-refractivity contribution in [3.05, 3.63) is 16.1 Å². The van der Waals surface area contributed by atoms with E-state index in [4.69, 9.17) is 5.73 Å². The van der Waals surface area contributed by atoms with Crippen molar-refractivity contribution in [2.75, 3.05) is 6.54 Å². The topological polar surface area (TPSA) is 68.0 Å². The molecule has 1 aromatic rings. The number of amides is 1. The number of nitrogens with one attached hydrogen (secondary N) is 1. The van der Waals surface area contributed by atoms with Crippen molar-refractivity contribution in [1.29, 1.82) is 0 Å². The Kier molecular flexibility index (Phi) is 9.84. The SMILES string of the molecule is CC(C)(C)c1csc(CCNC(=O)[C@@H](N)C(C)(C)C)n1.Cl.Cl. The lowest BCUT2D eigenvalue weighted by Gasteiger charge is -2.25. The predicted octanol–water partition coefficient (Wildman–Crippen LogP) is 3.32. The van der Waals surface area contributed by atoms with E-state index in [0.29, 0.717) is 6.54 Å². The third kappa shape index (κ3) is 7.27. The third-order valence-electron chi connectivity index (χ3n) is 3.17. The summed E-state index contributed by atoms with van der Waals surface area (Å²) >= 11 is 1.65. The largest absolute Gasteiger partial charge is 0.354 e. The van der Waals surface area contributed by atoms with Gasteiger partial charge >= 0.3 is 0 Å². The number of rotatable bonds is 4. The van der Waals surface area contributed by atoms with Gasteiger partial charge in [0.05, 0.1) is 16.7 Å². The molecule has 0 saturated heterocycles. The Hall–Kier alpha value is -0.360. The summed E-state index contributed by atoms with van der Waals surface area (Å²) in [7, 11) is 0. The van der Waals surface area contributed by atoms with Gasteiger partial charge in [0.1, 0.15) is 0 Å². The van der Waals surface area contributed by atoms with Crippen molar-refractivity contribution in [1.82, 2.24) is 10.3 Å². The van der Waals surface area contributed by atoms with Crippen LogP contribution in [0.3, 0.4) is 0 Å². The summed E-state index contributed by atoms with van der Waals surface area (Å²) < 4.78 is 0. The molecular weight excluding hydrogens is 341 g/mol. The van der Waals surface area contributed by atoms with Gasteiger partial charge in [0.15, 0.2) is 0 Å². The molecule has 1 aromatic heterocycles. The van der Waals surface area contributed by atoms with Crippen molar-refractivity contribution in [3.8, 4) is 0 Å². The Morgan fingerprint density at radius 3 is 2.23 bits per heavy atom. The van der Waals surface area contributed by atoms with Crippen molar-refractivity contribution >= 4 is 42.1 Å². The molecule has 0 aliphatic rings. The lowest BCUT2D eigenvalue weighted by Crippen LogP contribution is -2.48. The molecule has 0 radical (unpaired) electrons. The fraction of sp³-hybridized carbons (Fsp3) is 0.733. The molecule has 0 unspecified atom stereocenters. The second-order valence-corrected chi connectivity index (χ2v) is 8.20. The van der Waals surface area contributed by atoms with Crippen LogP contribution in [0, 0.1) is 5.41 Å². The van der Waals surface area contributed by atoms with Gasteiger partial charge in [0.25, 0.3) is 0 Å². The highest BCUT2D eigenvalue weighted by atomic mass is 35.5. The van der Waals surface area contributed by atoms with Crippen molar-refractivity contribution < 1.29 is 4.79 Å². The highest BCUT2D eigenvalue weighted by Gasteiger charge is 2.27. The number of hydrogen-bond donors (Lipinski definition) is 2. The second-order valence-electron chi connectivity index (χ2n) is 7.26. The van der Waals surface area contributed by atoms with Gasteiger partial charge in [-0.25, -0.2) is 4.98 Å². The minimum atomic E-state index is -0.482. The summed E-state index contributed by atoms with van der Waals surface area (Å²) in [5.74, 6) is -0.0925. The first-order valence-corrected chi connectivity index (χ1v) is 7.88. The maximum atomic E-state index is 11.9. The molecule has 4 nitrogen and oxygen atoms in total. The Bertz CT molecular complexity index is 464. The summed E-state index contributed by atoms with van der Waals surface area (Å²) in [6, 6.07) is -0.482. The van der Waals surface area contributed by atoms with Gasteiger partial charge in [-0.1, -0.05) is 41.5 Å². The molecule has 0 bridgehead atoms. The van der Waals surface area contributed by atoms with Gasteiger partial charge in [-0.3, -0.25) is 4.79 Å². The van der Waals surface area contributed by atoms with Gasteiger partial charge in [-0.05, 0) is 5.41 Å². The van der Waals surface area contributed by atoms with Crippen LogP contribution in [0.15, 0.2) is 5.38 Å². The number of hydrogen-bond acceptors (Lipinski definition) is 4. The number of aromatic nitrogens is 1. The Labute approximate surface area is 150 Å². The number of nitrogens with two attached hydrogens (primary N) is 1. The van der Waals surface area contributed by atoms with Gasteiger partial charge in [0.2, 0.25) is 5.91 Å². The first-order chi connectivity index (χ1) is 9.01. The summed E-state index contributed by atoms with van der Waals surface area (Å²) in [4.78, 5) is 16.5. The van der Waals surface area contributed by atoms with E-state index in [-0.39, 0.29) is 41.6 Å². The van der Waals surface area contributed by atoms with Crippen LogP contribution in [0.25, 0.3) is 0 Å². The van der Waals surface area contributed by atoms with Crippen molar-refractivity contribution in [2.45, 2.75) is 59.4 Å². The first-order valence-electron chi connectivity index (χ1n) is 7.00. The molecule has 0 aliphatic heterocycles. The quantitative estimate of drug-likeness (QED) is 0.854. The summed E-state index contributed by atoms with van der Waals surface area (Å²) in [6.45, 7) is 12.9. The first kappa shape index (κ1) is 23.9. The molecule has 0 aromatic carbocycles.